The predicted octanol–water partition coefficient (Wildman–Crippen LogP) is 7.67. The van der Waals surface area contributed by atoms with Crippen LogP contribution in [0.2, 0.25) is 0 Å². The van der Waals surface area contributed by atoms with Crippen molar-refractivity contribution in [1.82, 2.24) is 0 Å². The van der Waals surface area contributed by atoms with Gasteiger partial charge in [0, 0.05) is 22.3 Å². The van der Waals surface area contributed by atoms with Crippen molar-refractivity contribution in [1.29, 1.82) is 0 Å². The van der Waals surface area contributed by atoms with Crippen molar-refractivity contribution >= 4 is 44.4 Å². The first kappa shape index (κ1) is 18.1. The molecule has 2 nitrogen and oxygen atoms in total. The second-order valence-electron chi connectivity index (χ2n) is 7.47. The summed E-state index contributed by atoms with van der Waals surface area (Å²) in [5.41, 5.74) is 3.93. The van der Waals surface area contributed by atoms with Gasteiger partial charge >= 0.3 is 0 Å². The fraction of sp³-hybridized carbons (Fsp3) is 0.0357. The number of hydrogen-bond acceptors (Lipinski definition) is 2. The fourth-order valence-electron chi connectivity index (χ4n) is 3.99. The molecular weight excluding hydrogens is 366 g/mol. The summed E-state index contributed by atoms with van der Waals surface area (Å²) in [5, 5.41) is 4.79. The van der Waals surface area contributed by atoms with E-state index in [2.05, 4.69) is 89.8 Å². The van der Waals surface area contributed by atoms with Crippen LogP contribution >= 0.6 is 0 Å². The lowest BCUT2D eigenvalue weighted by Crippen LogP contribution is -2.10. The Labute approximate surface area is 176 Å². The van der Waals surface area contributed by atoms with Crippen molar-refractivity contribution in [3.05, 3.63) is 115 Å². The minimum Gasteiger partial charge on any atom is -0.310 e. The average Bonchev–Trinajstić information content (AvgIpc) is 2.80. The van der Waals surface area contributed by atoms with E-state index < -0.39 is 0 Å². The van der Waals surface area contributed by atoms with Crippen molar-refractivity contribution in [2.24, 2.45) is 0 Å². The Kier molecular flexibility index (Phi) is 4.53. The first-order valence-corrected chi connectivity index (χ1v) is 10.1. The van der Waals surface area contributed by atoms with Gasteiger partial charge in [-0.1, -0.05) is 66.7 Å². The number of ketones is 1. The van der Waals surface area contributed by atoms with Crippen LogP contribution in [0.3, 0.4) is 0 Å². The summed E-state index contributed by atoms with van der Waals surface area (Å²) in [5.74, 6) is 0.0731. The molecule has 0 heterocycles. The Morgan fingerprint density at radius 1 is 0.600 bits per heavy atom. The number of nitrogens with zero attached hydrogens (tertiary/aromatic N) is 1. The predicted molar refractivity (Wildman–Crippen MR) is 126 cm³/mol. The van der Waals surface area contributed by atoms with Crippen LogP contribution in [0.25, 0.3) is 21.5 Å². The SMILES string of the molecule is CC(=O)c1ccc(N(c2ccc3ccccc3c2)c2cccc3ccccc23)cc1. The number of anilines is 3. The Bertz CT molecular complexity index is 1360. The molecule has 0 bridgehead atoms. The lowest BCUT2D eigenvalue weighted by molar-refractivity contribution is 0.101. The van der Waals surface area contributed by atoms with Gasteiger partial charge in [0.2, 0.25) is 0 Å². The highest BCUT2D eigenvalue weighted by Crippen LogP contribution is 2.39. The molecule has 5 aromatic rings. The van der Waals surface area contributed by atoms with Crippen molar-refractivity contribution < 1.29 is 4.79 Å². The summed E-state index contributed by atoms with van der Waals surface area (Å²) in [7, 11) is 0. The van der Waals surface area contributed by atoms with Crippen LogP contribution in [0.5, 0.6) is 0 Å². The lowest BCUT2D eigenvalue weighted by atomic mass is 10.0. The molecule has 144 valence electrons. The van der Waals surface area contributed by atoms with E-state index in [-0.39, 0.29) is 5.78 Å². The Morgan fingerprint density at radius 3 is 2.00 bits per heavy atom. The lowest BCUT2D eigenvalue weighted by Gasteiger charge is -2.27. The summed E-state index contributed by atoms with van der Waals surface area (Å²) in [6.45, 7) is 1.60. The van der Waals surface area contributed by atoms with Gasteiger partial charge in [-0.15, -0.1) is 0 Å². The minimum atomic E-state index is 0.0731. The van der Waals surface area contributed by atoms with Crippen LogP contribution < -0.4 is 4.90 Å². The van der Waals surface area contributed by atoms with E-state index in [0.717, 1.165) is 22.6 Å². The minimum absolute atomic E-state index is 0.0731. The molecule has 0 radical (unpaired) electrons. The standard InChI is InChI=1S/C28H21NO/c1-20(30)21-13-16-25(17-14-21)29(26-18-15-22-7-2-3-9-24(22)19-26)28-12-6-10-23-8-4-5-11-27(23)28/h2-19H,1H3. The zero-order valence-electron chi connectivity index (χ0n) is 16.7. The zero-order valence-corrected chi connectivity index (χ0v) is 16.7. The highest BCUT2D eigenvalue weighted by molar-refractivity contribution is 6.00. The highest BCUT2D eigenvalue weighted by Gasteiger charge is 2.16. The summed E-state index contributed by atoms with van der Waals surface area (Å²) in [6.07, 6.45) is 0. The molecule has 0 amide bonds. The van der Waals surface area contributed by atoms with Gasteiger partial charge in [-0.3, -0.25) is 4.79 Å². The highest BCUT2D eigenvalue weighted by atomic mass is 16.1. The van der Waals surface area contributed by atoms with E-state index in [4.69, 9.17) is 0 Å². The first-order chi connectivity index (χ1) is 14.7. The van der Waals surface area contributed by atoms with Gasteiger partial charge in [0.1, 0.15) is 0 Å². The second-order valence-corrected chi connectivity index (χ2v) is 7.47. The zero-order chi connectivity index (χ0) is 20.5. The van der Waals surface area contributed by atoms with E-state index in [0.29, 0.717) is 0 Å². The van der Waals surface area contributed by atoms with Crippen molar-refractivity contribution in [2.45, 2.75) is 6.92 Å². The average molecular weight is 387 g/mol. The first-order valence-electron chi connectivity index (χ1n) is 10.1. The van der Waals surface area contributed by atoms with Gasteiger partial charge in [-0.05, 0) is 65.5 Å². The molecule has 2 heteroatoms. The number of rotatable bonds is 4. The molecule has 5 aromatic carbocycles. The Hall–Kier alpha value is -3.91. The Morgan fingerprint density at radius 2 is 1.23 bits per heavy atom. The van der Waals surface area contributed by atoms with E-state index in [9.17, 15) is 4.79 Å². The van der Waals surface area contributed by atoms with Crippen molar-refractivity contribution in [2.75, 3.05) is 4.90 Å². The van der Waals surface area contributed by atoms with Crippen LogP contribution in [-0.4, -0.2) is 5.78 Å². The Balaban J connectivity index is 1.75. The summed E-state index contributed by atoms with van der Waals surface area (Å²) >= 11 is 0. The second kappa shape index (κ2) is 7.49. The van der Waals surface area contributed by atoms with E-state index in [1.54, 1.807) is 6.92 Å². The number of fused-ring (bicyclic) bond motifs is 2. The van der Waals surface area contributed by atoms with E-state index in [1.807, 2.05) is 24.3 Å². The summed E-state index contributed by atoms with van der Waals surface area (Å²) in [6, 6.07) is 37.6. The molecule has 0 aliphatic heterocycles. The van der Waals surface area contributed by atoms with Gasteiger partial charge in [0.05, 0.1) is 5.69 Å². The van der Waals surface area contributed by atoms with E-state index >= 15 is 0 Å². The number of benzene rings is 5. The van der Waals surface area contributed by atoms with Crippen LogP contribution in [0.1, 0.15) is 17.3 Å². The van der Waals surface area contributed by atoms with Crippen LogP contribution in [0.15, 0.2) is 109 Å². The number of carbonyl (C=O) groups is 1. The molecule has 0 aliphatic carbocycles. The molecule has 5 rings (SSSR count). The molecule has 30 heavy (non-hydrogen) atoms. The fourth-order valence-corrected chi connectivity index (χ4v) is 3.99. The normalized spacial score (nSPS) is 11.0. The largest absolute Gasteiger partial charge is 0.310 e. The maximum atomic E-state index is 11.8. The van der Waals surface area contributed by atoms with Crippen molar-refractivity contribution in [3.8, 4) is 0 Å². The molecular formula is C28H21NO. The molecule has 0 unspecified atom stereocenters. The third kappa shape index (κ3) is 3.23. The molecule has 0 fully saturated rings. The molecule has 0 spiro atoms. The van der Waals surface area contributed by atoms with Gasteiger partial charge in [0.15, 0.2) is 5.78 Å². The molecule has 0 aliphatic rings. The third-order valence-electron chi connectivity index (χ3n) is 5.53. The molecule has 0 atom stereocenters. The van der Waals surface area contributed by atoms with Gasteiger partial charge in [-0.2, -0.15) is 0 Å². The quantitative estimate of drug-likeness (QED) is 0.295. The number of Topliss-reactive ketones (excluding diaryl/α,β-unsaturated/α-hetero) is 1. The smallest absolute Gasteiger partial charge is 0.159 e. The number of hydrogen-bond donors (Lipinski definition) is 0. The monoisotopic (exact) mass is 387 g/mol. The van der Waals surface area contributed by atoms with Gasteiger partial charge < -0.3 is 4.90 Å². The molecule has 0 N–H and O–H groups in total. The maximum absolute atomic E-state index is 11.8. The van der Waals surface area contributed by atoms with Gasteiger partial charge in [-0.25, -0.2) is 0 Å². The number of carbonyl (C=O) groups excluding carboxylic acids is 1. The van der Waals surface area contributed by atoms with Crippen LogP contribution in [-0.2, 0) is 0 Å². The molecule has 0 saturated carbocycles. The van der Waals surface area contributed by atoms with Crippen molar-refractivity contribution in [3.63, 3.8) is 0 Å². The van der Waals surface area contributed by atoms with Crippen LogP contribution in [0, 0.1) is 0 Å². The molecule has 0 saturated heterocycles. The topological polar surface area (TPSA) is 20.3 Å². The van der Waals surface area contributed by atoms with E-state index in [1.165, 1.54) is 21.5 Å². The summed E-state index contributed by atoms with van der Waals surface area (Å²) in [4.78, 5) is 14.0. The maximum Gasteiger partial charge on any atom is 0.159 e. The van der Waals surface area contributed by atoms with Gasteiger partial charge in [0.25, 0.3) is 0 Å². The summed E-state index contributed by atoms with van der Waals surface area (Å²) < 4.78 is 0. The van der Waals surface area contributed by atoms with Crippen LogP contribution in [0.4, 0.5) is 17.1 Å². The molecule has 0 aromatic heterocycles. The third-order valence-corrected chi connectivity index (χ3v) is 5.53.